The number of hydrogen-bond donors (Lipinski definition) is 1. The van der Waals surface area contributed by atoms with Gasteiger partial charge in [0.1, 0.15) is 5.60 Å². The number of ether oxygens (including phenoxy) is 2. The molecule has 1 amide bonds. The van der Waals surface area contributed by atoms with Crippen molar-refractivity contribution in [2.75, 3.05) is 7.11 Å². The lowest BCUT2D eigenvalue weighted by Gasteiger charge is -2.21. The average molecular weight is 245 g/mol. The van der Waals surface area contributed by atoms with Crippen LogP contribution in [0.2, 0.25) is 0 Å². The van der Waals surface area contributed by atoms with Crippen molar-refractivity contribution in [1.82, 2.24) is 5.32 Å². The van der Waals surface area contributed by atoms with Gasteiger partial charge in [-0.3, -0.25) is 4.79 Å². The zero-order valence-electron chi connectivity index (χ0n) is 11.3. The highest BCUT2D eigenvalue weighted by Gasteiger charge is 2.17. The zero-order valence-corrected chi connectivity index (χ0v) is 11.3. The topological polar surface area (TPSA) is 64.6 Å². The third-order valence-electron chi connectivity index (χ3n) is 2.01. The summed E-state index contributed by atoms with van der Waals surface area (Å²) in [5.74, 6) is -0.227. The number of rotatable bonds is 5. The Balaban J connectivity index is 3.75. The van der Waals surface area contributed by atoms with Crippen LogP contribution >= 0.6 is 0 Å². The molecule has 0 heterocycles. The highest BCUT2D eigenvalue weighted by molar-refractivity contribution is 5.69. The molecule has 1 atom stereocenters. The van der Waals surface area contributed by atoms with E-state index < -0.39 is 11.7 Å². The Kier molecular flexibility index (Phi) is 6.61. The molecule has 0 aromatic heterocycles. The fourth-order valence-corrected chi connectivity index (χ4v) is 1.24. The normalized spacial score (nSPS) is 12.8. The molecular weight excluding hydrogens is 222 g/mol. The summed E-state index contributed by atoms with van der Waals surface area (Å²) in [6, 6.07) is -0.0190. The van der Waals surface area contributed by atoms with Crippen LogP contribution in [0.4, 0.5) is 4.79 Å². The molecule has 0 aliphatic heterocycles. The minimum Gasteiger partial charge on any atom is -0.469 e. The van der Waals surface area contributed by atoms with Gasteiger partial charge in [0.15, 0.2) is 0 Å². The summed E-state index contributed by atoms with van der Waals surface area (Å²) >= 11 is 0. The molecule has 0 aromatic rings. The summed E-state index contributed by atoms with van der Waals surface area (Å²) in [6.07, 6.45) is 1.34. The number of carbonyl (C=O) groups is 2. The molecule has 0 spiro atoms. The second-order valence-electron chi connectivity index (χ2n) is 5.02. The Bertz CT molecular complexity index is 258. The molecule has 5 heteroatoms. The Labute approximate surface area is 103 Å². The number of nitrogens with one attached hydrogen (secondary N) is 1. The van der Waals surface area contributed by atoms with Gasteiger partial charge < -0.3 is 14.8 Å². The van der Waals surface area contributed by atoms with Crippen LogP contribution in [0, 0.1) is 0 Å². The third kappa shape index (κ3) is 9.66. The summed E-state index contributed by atoms with van der Waals surface area (Å²) in [4.78, 5) is 22.3. The maximum Gasteiger partial charge on any atom is 0.407 e. The van der Waals surface area contributed by atoms with Crippen LogP contribution in [0.3, 0.4) is 0 Å². The molecule has 5 nitrogen and oxygen atoms in total. The summed E-state index contributed by atoms with van der Waals surface area (Å²) in [6.45, 7) is 7.32. The summed E-state index contributed by atoms with van der Waals surface area (Å²) in [7, 11) is 1.37. The van der Waals surface area contributed by atoms with E-state index in [1.807, 2.05) is 27.7 Å². The van der Waals surface area contributed by atoms with Crippen LogP contribution in [0.5, 0.6) is 0 Å². The van der Waals surface area contributed by atoms with Crippen molar-refractivity contribution in [3.63, 3.8) is 0 Å². The van der Waals surface area contributed by atoms with Crippen molar-refractivity contribution in [3.8, 4) is 0 Å². The predicted molar refractivity (Wildman–Crippen MR) is 64.7 cm³/mol. The molecular formula is C12H23NO4. The summed E-state index contributed by atoms with van der Waals surface area (Å²) < 4.78 is 9.64. The first-order valence-electron chi connectivity index (χ1n) is 5.81. The van der Waals surface area contributed by atoms with Crippen LogP contribution in [0.25, 0.3) is 0 Å². The van der Waals surface area contributed by atoms with E-state index in [0.29, 0.717) is 19.3 Å². The standard InChI is InChI=1S/C12H23NO4/c1-9(7-6-8-10(14)16-5)13-11(15)17-12(2,3)4/h9H,6-8H2,1-5H3,(H,13,15). The lowest BCUT2D eigenvalue weighted by atomic mass is 10.1. The van der Waals surface area contributed by atoms with Gasteiger partial charge in [-0.25, -0.2) is 4.79 Å². The van der Waals surface area contributed by atoms with Crippen molar-refractivity contribution < 1.29 is 19.1 Å². The first-order chi connectivity index (χ1) is 7.74. The molecule has 0 fully saturated rings. The van der Waals surface area contributed by atoms with Crippen molar-refractivity contribution in [3.05, 3.63) is 0 Å². The maximum absolute atomic E-state index is 11.4. The molecule has 0 rings (SSSR count). The average Bonchev–Trinajstić information content (AvgIpc) is 2.13. The van der Waals surface area contributed by atoms with Gasteiger partial charge in [0.25, 0.3) is 0 Å². The smallest absolute Gasteiger partial charge is 0.407 e. The molecule has 0 bridgehead atoms. The fourth-order valence-electron chi connectivity index (χ4n) is 1.24. The largest absolute Gasteiger partial charge is 0.469 e. The minimum atomic E-state index is -0.490. The Hall–Kier alpha value is -1.26. The number of carbonyl (C=O) groups excluding carboxylic acids is 2. The first kappa shape index (κ1) is 15.7. The molecule has 0 aliphatic carbocycles. The number of methoxy groups -OCH3 is 1. The van der Waals surface area contributed by atoms with Crippen LogP contribution in [-0.2, 0) is 14.3 Å². The molecule has 0 saturated carbocycles. The number of alkyl carbamates (subject to hydrolysis) is 1. The lowest BCUT2D eigenvalue weighted by molar-refractivity contribution is -0.140. The minimum absolute atomic E-state index is 0.0190. The van der Waals surface area contributed by atoms with Gasteiger partial charge in [-0.1, -0.05) is 0 Å². The number of amides is 1. The van der Waals surface area contributed by atoms with Crippen molar-refractivity contribution in [2.45, 2.75) is 58.6 Å². The molecule has 0 radical (unpaired) electrons. The van der Waals surface area contributed by atoms with E-state index in [1.54, 1.807) is 0 Å². The fraction of sp³-hybridized carbons (Fsp3) is 0.833. The third-order valence-corrected chi connectivity index (χ3v) is 2.01. The van der Waals surface area contributed by atoms with Crippen LogP contribution in [0.15, 0.2) is 0 Å². The van der Waals surface area contributed by atoms with E-state index in [4.69, 9.17) is 4.74 Å². The van der Waals surface area contributed by atoms with Gasteiger partial charge in [-0.05, 0) is 40.5 Å². The van der Waals surface area contributed by atoms with Gasteiger partial charge in [-0.2, -0.15) is 0 Å². The monoisotopic (exact) mass is 245 g/mol. The van der Waals surface area contributed by atoms with Crippen molar-refractivity contribution in [1.29, 1.82) is 0 Å². The van der Waals surface area contributed by atoms with Crippen molar-refractivity contribution >= 4 is 12.1 Å². The Morgan fingerprint density at radius 3 is 2.35 bits per heavy atom. The molecule has 1 unspecified atom stereocenters. The van der Waals surface area contributed by atoms with Crippen LogP contribution in [0.1, 0.15) is 47.0 Å². The first-order valence-corrected chi connectivity index (χ1v) is 5.81. The van der Waals surface area contributed by atoms with E-state index in [2.05, 4.69) is 10.1 Å². The van der Waals surface area contributed by atoms with Crippen LogP contribution < -0.4 is 5.32 Å². The lowest BCUT2D eigenvalue weighted by Crippen LogP contribution is -2.37. The molecule has 100 valence electrons. The SMILES string of the molecule is COC(=O)CCCC(C)NC(=O)OC(C)(C)C. The predicted octanol–water partition coefficient (Wildman–Crippen LogP) is 2.24. The van der Waals surface area contributed by atoms with Crippen LogP contribution in [-0.4, -0.2) is 30.8 Å². The quantitative estimate of drug-likeness (QED) is 0.754. The van der Waals surface area contributed by atoms with Crippen molar-refractivity contribution in [2.24, 2.45) is 0 Å². The molecule has 1 N–H and O–H groups in total. The summed E-state index contributed by atoms with van der Waals surface area (Å²) in [5.41, 5.74) is -0.490. The van der Waals surface area contributed by atoms with Gasteiger partial charge in [0.05, 0.1) is 7.11 Å². The number of esters is 1. The second kappa shape index (κ2) is 7.14. The molecule has 0 saturated heterocycles. The van der Waals surface area contributed by atoms with Gasteiger partial charge >= 0.3 is 12.1 Å². The van der Waals surface area contributed by atoms with E-state index >= 15 is 0 Å². The van der Waals surface area contributed by atoms with E-state index in [-0.39, 0.29) is 12.0 Å². The van der Waals surface area contributed by atoms with Gasteiger partial charge in [0.2, 0.25) is 0 Å². The number of hydrogen-bond acceptors (Lipinski definition) is 4. The second-order valence-corrected chi connectivity index (χ2v) is 5.02. The summed E-state index contributed by atoms with van der Waals surface area (Å²) in [5, 5.41) is 2.71. The highest BCUT2D eigenvalue weighted by Crippen LogP contribution is 2.08. The molecule has 0 aliphatic rings. The van der Waals surface area contributed by atoms with Gasteiger partial charge in [-0.15, -0.1) is 0 Å². The van der Waals surface area contributed by atoms with E-state index in [9.17, 15) is 9.59 Å². The molecule has 0 aromatic carbocycles. The van der Waals surface area contributed by atoms with Gasteiger partial charge in [0, 0.05) is 12.5 Å². The van der Waals surface area contributed by atoms with E-state index in [0.717, 1.165) is 0 Å². The Morgan fingerprint density at radius 2 is 1.88 bits per heavy atom. The Morgan fingerprint density at radius 1 is 1.29 bits per heavy atom. The zero-order chi connectivity index (χ0) is 13.5. The molecule has 17 heavy (non-hydrogen) atoms. The maximum atomic E-state index is 11.4. The van der Waals surface area contributed by atoms with E-state index in [1.165, 1.54) is 7.11 Å². The highest BCUT2D eigenvalue weighted by atomic mass is 16.6.